The van der Waals surface area contributed by atoms with Crippen molar-refractivity contribution in [3.05, 3.63) is 28.0 Å². The smallest absolute Gasteiger partial charge is 0.0270 e. The van der Waals surface area contributed by atoms with E-state index in [1.165, 1.54) is 16.9 Å². The molecule has 1 aliphatic rings. The Kier molecular flexibility index (Phi) is 3.79. The summed E-state index contributed by atoms with van der Waals surface area (Å²) in [6.07, 6.45) is 3.52. The molecule has 0 aromatic carbocycles. The molecule has 1 aliphatic heterocycles. The zero-order valence-electron chi connectivity index (χ0n) is 6.75. The summed E-state index contributed by atoms with van der Waals surface area (Å²) in [7, 11) is 0. The molecular formula is C9H12ClNS. The number of hydrogen-bond acceptors (Lipinski definition) is 2. The molecule has 0 saturated carbocycles. The zero-order chi connectivity index (χ0) is 7.52. The average molecular weight is 202 g/mol. The van der Waals surface area contributed by atoms with Gasteiger partial charge in [-0.25, -0.2) is 0 Å². The quantitative estimate of drug-likeness (QED) is 0.737. The Bertz CT molecular complexity index is 246. The van der Waals surface area contributed by atoms with Gasteiger partial charge in [0.1, 0.15) is 0 Å². The molecule has 0 aliphatic carbocycles. The van der Waals surface area contributed by atoms with E-state index in [9.17, 15) is 0 Å². The summed E-state index contributed by atoms with van der Waals surface area (Å²) in [5, 5.41) is 5.44. The highest BCUT2D eigenvalue weighted by atomic mass is 35.5. The first-order valence-corrected chi connectivity index (χ1v) is 4.77. The molecule has 1 nitrogen and oxygen atoms in total. The van der Waals surface area contributed by atoms with Crippen LogP contribution >= 0.6 is 23.7 Å². The van der Waals surface area contributed by atoms with Crippen molar-refractivity contribution in [3.63, 3.8) is 0 Å². The van der Waals surface area contributed by atoms with E-state index in [2.05, 4.69) is 28.9 Å². The second kappa shape index (κ2) is 4.65. The van der Waals surface area contributed by atoms with Crippen molar-refractivity contribution >= 4 is 29.8 Å². The van der Waals surface area contributed by atoms with Crippen LogP contribution in [0.4, 0.5) is 0 Å². The monoisotopic (exact) mass is 201 g/mol. The van der Waals surface area contributed by atoms with Crippen molar-refractivity contribution in [2.24, 2.45) is 0 Å². The highest BCUT2D eigenvalue weighted by Gasteiger charge is 2.04. The molecule has 2 heterocycles. The van der Waals surface area contributed by atoms with Crippen LogP contribution in [0.15, 0.2) is 23.1 Å². The lowest BCUT2D eigenvalue weighted by molar-refractivity contribution is 0.862. The van der Waals surface area contributed by atoms with Gasteiger partial charge in [-0.2, -0.15) is 0 Å². The maximum Gasteiger partial charge on any atom is 0.0270 e. The first-order chi connectivity index (χ1) is 5.45. The summed E-state index contributed by atoms with van der Waals surface area (Å²) >= 11 is 1.81. The van der Waals surface area contributed by atoms with Crippen LogP contribution in [0.3, 0.4) is 0 Å². The van der Waals surface area contributed by atoms with Gasteiger partial charge in [0, 0.05) is 11.4 Å². The Morgan fingerprint density at radius 2 is 2.42 bits per heavy atom. The maximum atomic E-state index is 3.32. The third kappa shape index (κ3) is 2.34. The van der Waals surface area contributed by atoms with Crippen molar-refractivity contribution in [3.8, 4) is 0 Å². The SMILES string of the molecule is C(=C1/CCNC1)/c1cccs1.Cl. The molecule has 66 valence electrons. The fourth-order valence-corrected chi connectivity index (χ4v) is 1.99. The third-order valence-electron chi connectivity index (χ3n) is 1.86. The molecule has 0 radical (unpaired) electrons. The van der Waals surface area contributed by atoms with Crippen molar-refractivity contribution in [2.45, 2.75) is 6.42 Å². The van der Waals surface area contributed by atoms with E-state index in [-0.39, 0.29) is 12.4 Å². The average Bonchev–Trinajstić information content (AvgIpc) is 2.60. The number of halogens is 1. The normalized spacial score (nSPS) is 19.5. The van der Waals surface area contributed by atoms with Crippen LogP contribution < -0.4 is 5.32 Å². The van der Waals surface area contributed by atoms with Gasteiger partial charge in [-0.15, -0.1) is 23.7 Å². The molecule has 2 rings (SSSR count). The molecule has 0 unspecified atom stereocenters. The summed E-state index contributed by atoms with van der Waals surface area (Å²) < 4.78 is 0. The molecule has 1 N–H and O–H groups in total. The standard InChI is InChI=1S/C9H11NS.ClH/c1-2-9(11-5-1)6-8-3-4-10-7-8;/h1-2,5-6,10H,3-4,7H2;1H/b8-6+;. The Hall–Kier alpha value is -0.310. The first-order valence-electron chi connectivity index (χ1n) is 3.89. The van der Waals surface area contributed by atoms with E-state index in [1.807, 2.05) is 0 Å². The van der Waals surface area contributed by atoms with E-state index in [0.29, 0.717) is 0 Å². The lowest BCUT2D eigenvalue weighted by Gasteiger charge is -1.90. The largest absolute Gasteiger partial charge is 0.313 e. The van der Waals surface area contributed by atoms with Gasteiger partial charge in [0.15, 0.2) is 0 Å². The van der Waals surface area contributed by atoms with Crippen LogP contribution in [0.1, 0.15) is 11.3 Å². The molecule has 0 spiro atoms. The molecule has 0 bridgehead atoms. The molecular weight excluding hydrogens is 190 g/mol. The summed E-state index contributed by atoms with van der Waals surface area (Å²) in [5.41, 5.74) is 1.53. The molecule has 0 amide bonds. The molecule has 1 fully saturated rings. The van der Waals surface area contributed by atoms with Gasteiger partial charge >= 0.3 is 0 Å². The highest BCUT2D eigenvalue weighted by Crippen LogP contribution is 2.16. The molecule has 1 aromatic rings. The fourth-order valence-electron chi connectivity index (χ4n) is 1.28. The van der Waals surface area contributed by atoms with Gasteiger partial charge in [-0.05, 0) is 30.5 Å². The maximum absolute atomic E-state index is 3.32. The minimum absolute atomic E-state index is 0. The summed E-state index contributed by atoms with van der Waals surface area (Å²) in [5.74, 6) is 0. The predicted molar refractivity (Wildman–Crippen MR) is 57.0 cm³/mol. The van der Waals surface area contributed by atoms with Gasteiger partial charge < -0.3 is 5.32 Å². The molecule has 12 heavy (non-hydrogen) atoms. The minimum Gasteiger partial charge on any atom is -0.313 e. The summed E-state index contributed by atoms with van der Waals surface area (Å²) in [6.45, 7) is 2.23. The van der Waals surface area contributed by atoms with Crippen molar-refractivity contribution in [2.75, 3.05) is 13.1 Å². The van der Waals surface area contributed by atoms with E-state index >= 15 is 0 Å². The van der Waals surface area contributed by atoms with E-state index in [4.69, 9.17) is 0 Å². The predicted octanol–water partition coefficient (Wildman–Crippen LogP) is 2.55. The van der Waals surface area contributed by atoms with Crippen LogP contribution in [0.25, 0.3) is 6.08 Å². The van der Waals surface area contributed by atoms with Crippen LogP contribution in [0.5, 0.6) is 0 Å². The van der Waals surface area contributed by atoms with Gasteiger partial charge in [0.25, 0.3) is 0 Å². The van der Waals surface area contributed by atoms with Crippen LogP contribution in [0.2, 0.25) is 0 Å². The van der Waals surface area contributed by atoms with E-state index in [1.54, 1.807) is 11.3 Å². The summed E-state index contributed by atoms with van der Waals surface area (Å²) in [4.78, 5) is 1.38. The van der Waals surface area contributed by atoms with Gasteiger partial charge in [0.05, 0.1) is 0 Å². The molecule has 1 saturated heterocycles. The van der Waals surface area contributed by atoms with Crippen LogP contribution in [-0.4, -0.2) is 13.1 Å². The van der Waals surface area contributed by atoms with E-state index in [0.717, 1.165) is 13.1 Å². The highest BCUT2D eigenvalue weighted by molar-refractivity contribution is 7.10. The van der Waals surface area contributed by atoms with Gasteiger partial charge in [-0.1, -0.05) is 11.6 Å². The summed E-state index contributed by atoms with van der Waals surface area (Å²) in [6, 6.07) is 4.26. The number of rotatable bonds is 1. The molecule has 1 aromatic heterocycles. The van der Waals surface area contributed by atoms with E-state index < -0.39 is 0 Å². The fraction of sp³-hybridized carbons (Fsp3) is 0.333. The van der Waals surface area contributed by atoms with Crippen molar-refractivity contribution in [1.29, 1.82) is 0 Å². The Morgan fingerprint density at radius 1 is 1.50 bits per heavy atom. The Labute approximate surface area is 82.9 Å². The lowest BCUT2D eigenvalue weighted by Crippen LogP contribution is -2.04. The topological polar surface area (TPSA) is 12.0 Å². The number of thiophene rings is 1. The molecule has 3 heteroatoms. The first kappa shape index (κ1) is 9.78. The lowest BCUT2D eigenvalue weighted by atomic mass is 10.2. The zero-order valence-corrected chi connectivity index (χ0v) is 8.38. The van der Waals surface area contributed by atoms with Crippen molar-refractivity contribution in [1.82, 2.24) is 5.32 Å². The van der Waals surface area contributed by atoms with Crippen LogP contribution in [-0.2, 0) is 0 Å². The molecule has 0 atom stereocenters. The van der Waals surface area contributed by atoms with Gasteiger partial charge in [0.2, 0.25) is 0 Å². The van der Waals surface area contributed by atoms with Crippen LogP contribution in [0, 0.1) is 0 Å². The minimum atomic E-state index is 0. The van der Waals surface area contributed by atoms with Gasteiger partial charge in [-0.3, -0.25) is 0 Å². The number of hydrogen-bond donors (Lipinski definition) is 1. The second-order valence-corrected chi connectivity index (χ2v) is 3.72. The third-order valence-corrected chi connectivity index (χ3v) is 2.68. The Morgan fingerprint density at radius 3 is 3.00 bits per heavy atom. The number of nitrogens with one attached hydrogen (secondary N) is 1. The Balaban J connectivity index is 0.000000720. The van der Waals surface area contributed by atoms with Crippen molar-refractivity contribution < 1.29 is 0 Å². The second-order valence-electron chi connectivity index (χ2n) is 2.74.